The Balaban J connectivity index is 1.83. The van der Waals surface area contributed by atoms with Crippen LogP contribution in [-0.2, 0) is 14.3 Å². The molecule has 110 valence electrons. The number of Topliss-reactive ketones (excluding diaryl/α,β-unsaturated/α-hetero) is 1. The summed E-state index contributed by atoms with van der Waals surface area (Å²) in [4.78, 5) is 23.9. The molecule has 0 fully saturated rings. The van der Waals surface area contributed by atoms with Crippen molar-refractivity contribution >= 4 is 17.3 Å². The molecule has 0 bridgehead atoms. The first-order chi connectivity index (χ1) is 10.2. The number of methoxy groups -OCH3 is 1. The zero-order chi connectivity index (χ0) is 14.8. The summed E-state index contributed by atoms with van der Waals surface area (Å²) in [5.41, 5.74) is 1.45. The summed E-state index contributed by atoms with van der Waals surface area (Å²) in [6, 6.07) is 5.46. The lowest BCUT2D eigenvalue weighted by Gasteiger charge is -2.21. The van der Waals surface area contributed by atoms with Crippen LogP contribution in [0.4, 0.5) is 0 Å². The Kier molecular flexibility index (Phi) is 3.64. The van der Waals surface area contributed by atoms with Gasteiger partial charge in [0.15, 0.2) is 17.3 Å². The van der Waals surface area contributed by atoms with Gasteiger partial charge in [-0.2, -0.15) is 0 Å². The van der Waals surface area contributed by atoms with E-state index in [4.69, 9.17) is 9.47 Å². The molecule has 3 rings (SSSR count). The fraction of sp³-hybridized carbons (Fsp3) is 0.375. The van der Waals surface area contributed by atoms with Gasteiger partial charge < -0.3 is 14.2 Å². The fourth-order valence-electron chi connectivity index (χ4n) is 2.68. The van der Waals surface area contributed by atoms with Crippen LogP contribution in [0.25, 0.3) is 5.57 Å². The van der Waals surface area contributed by atoms with E-state index in [1.807, 2.05) is 18.2 Å². The molecular formula is C16H16O5. The highest BCUT2D eigenvalue weighted by atomic mass is 16.7. The second-order valence-corrected chi connectivity index (χ2v) is 5.10. The Labute approximate surface area is 122 Å². The van der Waals surface area contributed by atoms with Crippen LogP contribution in [0.2, 0.25) is 0 Å². The van der Waals surface area contributed by atoms with Crippen LogP contribution in [0.3, 0.4) is 0 Å². The van der Waals surface area contributed by atoms with Gasteiger partial charge in [-0.05, 0) is 30.5 Å². The number of carbonyl (C=O) groups excluding carboxylic acids is 2. The molecule has 2 aliphatic rings. The molecule has 1 atom stereocenters. The molecule has 0 radical (unpaired) electrons. The lowest BCUT2D eigenvalue weighted by atomic mass is 9.82. The van der Waals surface area contributed by atoms with E-state index in [1.165, 1.54) is 7.11 Å². The zero-order valence-electron chi connectivity index (χ0n) is 11.8. The second kappa shape index (κ2) is 5.60. The summed E-state index contributed by atoms with van der Waals surface area (Å²) in [7, 11) is 1.34. The minimum atomic E-state index is -0.347. The highest BCUT2D eigenvalue weighted by molar-refractivity contribution is 6.22. The van der Waals surface area contributed by atoms with E-state index >= 15 is 0 Å². The van der Waals surface area contributed by atoms with Gasteiger partial charge in [0, 0.05) is 11.5 Å². The first-order valence-electron chi connectivity index (χ1n) is 6.90. The number of hydrogen-bond donors (Lipinski definition) is 0. The average molecular weight is 288 g/mol. The molecule has 5 nitrogen and oxygen atoms in total. The number of ketones is 1. The summed E-state index contributed by atoms with van der Waals surface area (Å²) >= 11 is 0. The highest BCUT2D eigenvalue weighted by Gasteiger charge is 2.29. The van der Waals surface area contributed by atoms with Crippen molar-refractivity contribution in [2.24, 2.45) is 5.92 Å². The Morgan fingerprint density at radius 1 is 1.33 bits per heavy atom. The van der Waals surface area contributed by atoms with Gasteiger partial charge in [-0.1, -0.05) is 12.1 Å². The van der Waals surface area contributed by atoms with Crippen molar-refractivity contribution in [3.05, 3.63) is 29.8 Å². The number of hydrogen-bond acceptors (Lipinski definition) is 5. The van der Waals surface area contributed by atoms with Gasteiger partial charge in [0.05, 0.1) is 13.5 Å². The molecule has 1 aromatic rings. The third kappa shape index (κ3) is 2.63. The van der Waals surface area contributed by atoms with E-state index in [1.54, 1.807) is 6.07 Å². The van der Waals surface area contributed by atoms with Gasteiger partial charge in [0.25, 0.3) is 0 Å². The quantitative estimate of drug-likeness (QED) is 0.799. The topological polar surface area (TPSA) is 61.8 Å². The maximum Gasteiger partial charge on any atom is 0.306 e. The standard InChI is InChI=1S/C16H16O5/c1-19-15(17)8-11-3-2-4-12(16(11)18)10-5-6-13-14(7-10)21-9-20-13/h4-7,11H,2-3,8-9H2,1H3. The minimum Gasteiger partial charge on any atom is -0.469 e. The van der Waals surface area contributed by atoms with Crippen molar-refractivity contribution in [3.63, 3.8) is 0 Å². The number of fused-ring (bicyclic) bond motifs is 1. The molecular weight excluding hydrogens is 272 g/mol. The maximum atomic E-state index is 12.5. The van der Waals surface area contributed by atoms with Gasteiger partial charge in [-0.25, -0.2) is 0 Å². The van der Waals surface area contributed by atoms with Crippen molar-refractivity contribution < 1.29 is 23.8 Å². The van der Waals surface area contributed by atoms with E-state index in [0.717, 1.165) is 12.0 Å². The smallest absolute Gasteiger partial charge is 0.306 e. The Bertz CT molecular complexity index is 617. The molecule has 0 spiro atoms. The van der Waals surface area contributed by atoms with Crippen LogP contribution in [0.5, 0.6) is 11.5 Å². The van der Waals surface area contributed by atoms with Gasteiger partial charge in [0.1, 0.15) is 0 Å². The molecule has 1 aliphatic carbocycles. The molecule has 1 aliphatic heterocycles. The average Bonchev–Trinajstić information content (AvgIpc) is 2.96. The van der Waals surface area contributed by atoms with Crippen molar-refractivity contribution in [2.45, 2.75) is 19.3 Å². The third-order valence-electron chi connectivity index (χ3n) is 3.82. The Hall–Kier alpha value is -2.30. The molecule has 0 aromatic heterocycles. The van der Waals surface area contributed by atoms with Gasteiger partial charge in [-0.15, -0.1) is 0 Å². The van der Waals surface area contributed by atoms with Crippen LogP contribution in [-0.4, -0.2) is 25.7 Å². The number of rotatable bonds is 3. The number of allylic oxidation sites excluding steroid dienone is 2. The first kappa shape index (κ1) is 13.7. The van der Waals surface area contributed by atoms with E-state index in [2.05, 4.69) is 4.74 Å². The molecule has 1 aromatic carbocycles. The maximum absolute atomic E-state index is 12.5. The van der Waals surface area contributed by atoms with Crippen molar-refractivity contribution in [1.29, 1.82) is 0 Å². The van der Waals surface area contributed by atoms with E-state index in [0.29, 0.717) is 23.5 Å². The molecule has 0 amide bonds. The van der Waals surface area contributed by atoms with E-state index in [9.17, 15) is 9.59 Å². The predicted molar refractivity (Wildman–Crippen MR) is 74.9 cm³/mol. The van der Waals surface area contributed by atoms with E-state index in [-0.39, 0.29) is 30.9 Å². The zero-order valence-corrected chi connectivity index (χ0v) is 11.8. The highest BCUT2D eigenvalue weighted by Crippen LogP contribution is 2.37. The molecule has 1 unspecified atom stereocenters. The summed E-state index contributed by atoms with van der Waals surface area (Å²) < 4.78 is 15.3. The SMILES string of the molecule is COC(=O)CC1CCC=C(c2ccc3c(c2)OCO3)C1=O. The van der Waals surface area contributed by atoms with Crippen LogP contribution >= 0.6 is 0 Å². The number of carbonyl (C=O) groups is 2. The predicted octanol–water partition coefficient (Wildman–Crippen LogP) is 2.34. The van der Waals surface area contributed by atoms with Gasteiger partial charge in [-0.3, -0.25) is 9.59 Å². The van der Waals surface area contributed by atoms with Gasteiger partial charge >= 0.3 is 5.97 Å². The van der Waals surface area contributed by atoms with Crippen molar-refractivity contribution in [2.75, 3.05) is 13.9 Å². The van der Waals surface area contributed by atoms with Crippen LogP contribution in [0.1, 0.15) is 24.8 Å². The summed E-state index contributed by atoms with van der Waals surface area (Å²) in [6.45, 7) is 0.205. The summed E-state index contributed by atoms with van der Waals surface area (Å²) in [6.07, 6.45) is 3.52. The molecule has 0 N–H and O–H groups in total. The number of ether oxygens (including phenoxy) is 3. The number of esters is 1. The Morgan fingerprint density at radius 2 is 2.14 bits per heavy atom. The van der Waals surface area contributed by atoms with Crippen LogP contribution in [0.15, 0.2) is 24.3 Å². The van der Waals surface area contributed by atoms with Crippen molar-refractivity contribution in [1.82, 2.24) is 0 Å². The molecule has 0 saturated carbocycles. The molecule has 5 heteroatoms. The molecule has 1 heterocycles. The fourth-order valence-corrected chi connectivity index (χ4v) is 2.68. The first-order valence-corrected chi connectivity index (χ1v) is 6.90. The van der Waals surface area contributed by atoms with E-state index < -0.39 is 0 Å². The largest absolute Gasteiger partial charge is 0.469 e. The third-order valence-corrected chi connectivity index (χ3v) is 3.82. The van der Waals surface area contributed by atoms with Crippen LogP contribution < -0.4 is 9.47 Å². The van der Waals surface area contributed by atoms with Crippen molar-refractivity contribution in [3.8, 4) is 11.5 Å². The summed E-state index contributed by atoms with van der Waals surface area (Å²) in [5.74, 6) is 0.679. The lowest BCUT2D eigenvalue weighted by molar-refractivity contribution is -0.143. The monoisotopic (exact) mass is 288 g/mol. The second-order valence-electron chi connectivity index (χ2n) is 5.10. The lowest BCUT2D eigenvalue weighted by Crippen LogP contribution is -2.23. The summed E-state index contributed by atoms with van der Waals surface area (Å²) in [5, 5.41) is 0. The Morgan fingerprint density at radius 3 is 2.95 bits per heavy atom. The minimum absolute atomic E-state index is 0.00878. The van der Waals surface area contributed by atoms with Crippen LogP contribution in [0, 0.1) is 5.92 Å². The van der Waals surface area contributed by atoms with Gasteiger partial charge in [0.2, 0.25) is 6.79 Å². The normalized spacial score (nSPS) is 20.1. The number of benzene rings is 1. The molecule has 0 saturated heterocycles. The molecule has 21 heavy (non-hydrogen) atoms.